The number of guanidine groups is 1. The summed E-state index contributed by atoms with van der Waals surface area (Å²) < 4.78 is 13.9. The number of nitrogens with zero attached hydrogens (tertiary/aromatic N) is 3. The first-order valence-corrected chi connectivity index (χ1v) is 9.14. The molecule has 7 heteroatoms. The highest BCUT2D eigenvalue weighted by atomic mass is 19.1. The monoisotopic (exact) mass is 351 g/mol. The first-order valence-electron chi connectivity index (χ1n) is 9.14. The van der Waals surface area contributed by atoms with E-state index in [1.165, 1.54) is 6.07 Å². The number of pyridine rings is 1. The van der Waals surface area contributed by atoms with Crippen molar-refractivity contribution in [2.45, 2.75) is 51.7 Å². The van der Waals surface area contributed by atoms with E-state index in [0.717, 1.165) is 19.5 Å². The fraction of sp³-hybridized carbons (Fsp3) is 0.667. The number of hydrogen-bond donors (Lipinski definition) is 3. The minimum absolute atomic E-state index is 0.163. The van der Waals surface area contributed by atoms with E-state index in [4.69, 9.17) is 0 Å². The van der Waals surface area contributed by atoms with Gasteiger partial charge in [0.1, 0.15) is 0 Å². The molecule has 0 saturated carbocycles. The number of halogens is 1. The minimum Gasteiger partial charge on any atom is -0.388 e. The van der Waals surface area contributed by atoms with Gasteiger partial charge in [0.15, 0.2) is 17.6 Å². The van der Waals surface area contributed by atoms with Gasteiger partial charge in [-0.05, 0) is 38.3 Å². The zero-order valence-electron chi connectivity index (χ0n) is 15.4. The van der Waals surface area contributed by atoms with E-state index in [2.05, 4.69) is 20.6 Å². The Kier molecular flexibility index (Phi) is 6.99. The normalized spacial score (nSPS) is 18.5. The number of anilines is 1. The molecule has 1 aromatic heterocycles. The lowest BCUT2D eigenvalue weighted by Gasteiger charge is -2.24. The standard InChI is InChI=1S/C18H30FN5O/c1-4-18(25,5-2)13-22-17(20-6-3)23-14-9-11-24(12-14)16-15(19)8-7-10-21-16/h7-8,10,14,25H,4-6,9,11-13H2,1-3H3,(H2,20,22,23). The van der Waals surface area contributed by atoms with Crippen LogP contribution in [-0.4, -0.2) is 53.9 Å². The first kappa shape index (κ1) is 19.4. The van der Waals surface area contributed by atoms with Crippen molar-refractivity contribution < 1.29 is 9.50 Å². The number of aromatic nitrogens is 1. The van der Waals surface area contributed by atoms with Gasteiger partial charge >= 0.3 is 0 Å². The van der Waals surface area contributed by atoms with Crippen LogP contribution in [-0.2, 0) is 0 Å². The second-order valence-corrected chi connectivity index (χ2v) is 6.51. The maximum Gasteiger partial charge on any atom is 0.191 e. The highest BCUT2D eigenvalue weighted by molar-refractivity contribution is 5.80. The summed E-state index contributed by atoms with van der Waals surface area (Å²) in [5.74, 6) is 0.802. The second-order valence-electron chi connectivity index (χ2n) is 6.51. The van der Waals surface area contributed by atoms with E-state index in [1.54, 1.807) is 12.3 Å². The average Bonchev–Trinajstić information content (AvgIpc) is 3.08. The molecule has 1 unspecified atom stereocenters. The minimum atomic E-state index is -0.763. The second kappa shape index (κ2) is 8.99. The van der Waals surface area contributed by atoms with Gasteiger partial charge in [0.05, 0.1) is 12.1 Å². The van der Waals surface area contributed by atoms with Crippen LogP contribution in [0, 0.1) is 5.82 Å². The van der Waals surface area contributed by atoms with Crippen molar-refractivity contribution in [3.8, 4) is 0 Å². The number of nitrogens with one attached hydrogen (secondary N) is 2. The molecule has 1 atom stereocenters. The van der Waals surface area contributed by atoms with Gasteiger partial charge in [0.2, 0.25) is 0 Å². The van der Waals surface area contributed by atoms with Gasteiger partial charge in [-0.3, -0.25) is 4.99 Å². The Balaban J connectivity index is 1.97. The van der Waals surface area contributed by atoms with E-state index >= 15 is 0 Å². The molecule has 6 nitrogen and oxygen atoms in total. The molecule has 1 aromatic rings. The Morgan fingerprint density at radius 2 is 2.20 bits per heavy atom. The van der Waals surface area contributed by atoms with Gasteiger partial charge in [0, 0.05) is 31.9 Å². The maximum atomic E-state index is 13.9. The highest BCUT2D eigenvalue weighted by Crippen LogP contribution is 2.21. The van der Waals surface area contributed by atoms with Gasteiger partial charge in [-0.2, -0.15) is 0 Å². The summed E-state index contributed by atoms with van der Waals surface area (Å²) in [5, 5.41) is 17.0. The van der Waals surface area contributed by atoms with Crippen molar-refractivity contribution in [3.05, 3.63) is 24.1 Å². The van der Waals surface area contributed by atoms with Crippen LogP contribution in [0.3, 0.4) is 0 Å². The van der Waals surface area contributed by atoms with Gasteiger partial charge in [-0.25, -0.2) is 9.37 Å². The Labute approximate surface area is 149 Å². The largest absolute Gasteiger partial charge is 0.388 e. The van der Waals surface area contributed by atoms with Crippen LogP contribution in [0.5, 0.6) is 0 Å². The van der Waals surface area contributed by atoms with E-state index in [-0.39, 0.29) is 11.9 Å². The molecule has 0 aliphatic carbocycles. The van der Waals surface area contributed by atoms with E-state index in [9.17, 15) is 9.50 Å². The SMILES string of the molecule is CCNC(=NCC(O)(CC)CC)NC1CCN(c2ncccc2F)C1. The van der Waals surface area contributed by atoms with Gasteiger partial charge in [-0.15, -0.1) is 0 Å². The van der Waals surface area contributed by atoms with Crippen LogP contribution >= 0.6 is 0 Å². The smallest absolute Gasteiger partial charge is 0.191 e. The van der Waals surface area contributed by atoms with Crippen LogP contribution < -0.4 is 15.5 Å². The molecule has 25 heavy (non-hydrogen) atoms. The van der Waals surface area contributed by atoms with E-state index < -0.39 is 5.60 Å². The molecule has 1 fully saturated rings. The third kappa shape index (κ3) is 5.29. The van der Waals surface area contributed by atoms with Crippen molar-refractivity contribution in [2.24, 2.45) is 4.99 Å². The third-order valence-corrected chi connectivity index (χ3v) is 4.76. The maximum absolute atomic E-state index is 13.9. The lowest BCUT2D eigenvalue weighted by atomic mass is 9.98. The number of aliphatic imine (C=N–C) groups is 1. The molecule has 2 heterocycles. The highest BCUT2D eigenvalue weighted by Gasteiger charge is 2.26. The summed E-state index contributed by atoms with van der Waals surface area (Å²) in [6, 6.07) is 3.20. The summed E-state index contributed by atoms with van der Waals surface area (Å²) in [6.45, 7) is 8.47. The molecular weight excluding hydrogens is 321 g/mol. The molecule has 1 aliphatic heterocycles. The Bertz CT molecular complexity index is 576. The fourth-order valence-electron chi connectivity index (χ4n) is 2.89. The molecule has 1 aliphatic rings. The van der Waals surface area contributed by atoms with Gasteiger partial charge < -0.3 is 20.6 Å². The topological polar surface area (TPSA) is 72.8 Å². The molecule has 2 rings (SSSR count). The number of aliphatic hydroxyl groups is 1. The van der Waals surface area contributed by atoms with Gasteiger partial charge in [0.25, 0.3) is 0 Å². The Hall–Kier alpha value is -1.89. The summed E-state index contributed by atoms with van der Waals surface area (Å²) in [5.41, 5.74) is -0.763. The number of rotatable bonds is 7. The van der Waals surface area contributed by atoms with Crippen molar-refractivity contribution >= 4 is 11.8 Å². The first-order chi connectivity index (χ1) is 12.0. The van der Waals surface area contributed by atoms with Crippen LogP contribution in [0.25, 0.3) is 0 Å². The van der Waals surface area contributed by atoms with Crippen molar-refractivity contribution in [2.75, 3.05) is 31.1 Å². The molecule has 3 N–H and O–H groups in total. The molecule has 1 saturated heterocycles. The van der Waals surface area contributed by atoms with Gasteiger partial charge in [-0.1, -0.05) is 13.8 Å². The zero-order chi connectivity index (χ0) is 18.3. The van der Waals surface area contributed by atoms with Crippen LogP contribution in [0.2, 0.25) is 0 Å². The fourth-order valence-corrected chi connectivity index (χ4v) is 2.89. The van der Waals surface area contributed by atoms with Crippen LogP contribution in [0.4, 0.5) is 10.2 Å². The van der Waals surface area contributed by atoms with E-state index in [1.807, 2.05) is 25.7 Å². The summed E-state index contributed by atoms with van der Waals surface area (Å²) in [7, 11) is 0. The lowest BCUT2D eigenvalue weighted by Crippen LogP contribution is -2.45. The summed E-state index contributed by atoms with van der Waals surface area (Å²) in [6.07, 6.45) is 3.83. The van der Waals surface area contributed by atoms with Crippen LogP contribution in [0.1, 0.15) is 40.0 Å². The molecule has 0 amide bonds. The number of hydrogen-bond acceptors (Lipinski definition) is 4. The van der Waals surface area contributed by atoms with Crippen molar-refractivity contribution in [1.29, 1.82) is 0 Å². The molecule has 0 radical (unpaired) electrons. The molecule has 0 aromatic carbocycles. The molecular formula is C18H30FN5O. The quantitative estimate of drug-likeness (QED) is 0.517. The Morgan fingerprint density at radius 3 is 2.84 bits per heavy atom. The Morgan fingerprint density at radius 1 is 1.44 bits per heavy atom. The lowest BCUT2D eigenvalue weighted by molar-refractivity contribution is 0.0418. The summed E-state index contributed by atoms with van der Waals surface area (Å²) in [4.78, 5) is 10.6. The third-order valence-electron chi connectivity index (χ3n) is 4.76. The van der Waals surface area contributed by atoms with E-state index in [0.29, 0.717) is 37.7 Å². The van der Waals surface area contributed by atoms with Crippen LogP contribution in [0.15, 0.2) is 23.3 Å². The predicted molar refractivity (Wildman–Crippen MR) is 99.5 cm³/mol. The zero-order valence-corrected chi connectivity index (χ0v) is 15.4. The predicted octanol–water partition coefficient (Wildman–Crippen LogP) is 1.91. The average molecular weight is 351 g/mol. The van der Waals surface area contributed by atoms with Crippen molar-refractivity contribution in [1.82, 2.24) is 15.6 Å². The summed E-state index contributed by atoms with van der Waals surface area (Å²) >= 11 is 0. The molecule has 0 bridgehead atoms. The molecule has 140 valence electrons. The van der Waals surface area contributed by atoms with Crippen molar-refractivity contribution in [3.63, 3.8) is 0 Å². The molecule has 0 spiro atoms.